The second kappa shape index (κ2) is 10.9. The molecule has 0 saturated heterocycles. The van der Waals surface area contributed by atoms with E-state index in [1.54, 1.807) is 0 Å². The minimum absolute atomic E-state index is 0.874. The highest BCUT2D eigenvalue weighted by molar-refractivity contribution is 4.92. The van der Waals surface area contributed by atoms with E-state index < -0.39 is 0 Å². The lowest BCUT2D eigenvalue weighted by molar-refractivity contribution is 0.174. The highest BCUT2D eigenvalue weighted by atomic mass is 14.5. The number of unbranched alkanes of at least 4 members (excludes halogenated alkanes) is 1. The standard InChI is InChI=1S/C24H48/c1-9-21(15-20(8)24-16-23(24)18(5)6)22(10-2)19(7)14-12-11-13-17(3)4/h17-24H,9-16H2,1-8H3. The molecule has 0 N–H and O–H groups in total. The van der Waals surface area contributed by atoms with Crippen LogP contribution in [0.4, 0.5) is 0 Å². The monoisotopic (exact) mass is 336 g/mol. The van der Waals surface area contributed by atoms with Crippen molar-refractivity contribution in [2.75, 3.05) is 0 Å². The lowest BCUT2D eigenvalue weighted by Gasteiger charge is -2.33. The third kappa shape index (κ3) is 7.09. The summed E-state index contributed by atoms with van der Waals surface area (Å²) in [4.78, 5) is 0. The van der Waals surface area contributed by atoms with Gasteiger partial charge in [-0.3, -0.25) is 0 Å². The summed E-state index contributed by atoms with van der Waals surface area (Å²) >= 11 is 0. The smallest absolute Gasteiger partial charge is 0.0355 e. The molecule has 0 aromatic rings. The van der Waals surface area contributed by atoms with Crippen molar-refractivity contribution in [3.63, 3.8) is 0 Å². The van der Waals surface area contributed by atoms with Gasteiger partial charge < -0.3 is 0 Å². The summed E-state index contributed by atoms with van der Waals surface area (Å²) < 4.78 is 0. The van der Waals surface area contributed by atoms with Gasteiger partial charge in [-0.1, -0.05) is 93.9 Å². The molecule has 1 aliphatic rings. The zero-order chi connectivity index (χ0) is 18.3. The molecule has 1 aliphatic carbocycles. The lowest BCUT2D eigenvalue weighted by Crippen LogP contribution is -2.23. The molecule has 0 bridgehead atoms. The summed E-state index contributed by atoms with van der Waals surface area (Å²) in [6, 6.07) is 0. The molecule has 0 aromatic carbocycles. The molecule has 0 heteroatoms. The van der Waals surface area contributed by atoms with Crippen LogP contribution in [-0.2, 0) is 0 Å². The van der Waals surface area contributed by atoms with Gasteiger partial charge in [0.1, 0.15) is 0 Å². The van der Waals surface area contributed by atoms with Gasteiger partial charge in [0.2, 0.25) is 0 Å². The second-order valence-corrected chi connectivity index (χ2v) is 9.92. The van der Waals surface area contributed by atoms with E-state index in [0.29, 0.717) is 0 Å². The summed E-state index contributed by atoms with van der Waals surface area (Å²) in [6.45, 7) is 19.5. The van der Waals surface area contributed by atoms with Gasteiger partial charge in [-0.25, -0.2) is 0 Å². The highest BCUT2D eigenvalue weighted by Crippen LogP contribution is 2.51. The Bertz CT molecular complexity index is 316. The van der Waals surface area contributed by atoms with Crippen LogP contribution in [0.3, 0.4) is 0 Å². The second-order valence-electron chi connectivity index (χ2n) is 9.92. The molecule has 24 heavy (non-hydrogen) atoms. The summed E-state index contributed by atoms with van der Waals surface area (Å²) in [5.41, 5.74) is 0. The normalized spacial score (nSPS) is 25.8. The number of hydrogen-bond donors (Lipinski definition) is 0. The van der Waals surface area contributed by atoms with Crippen molar-refractivity contribution < 1.29 is 0 Å². The fourth-order valence-electron chi connectivity index (χ4n) is 5.39. The molecule has 1 saturated carbocycles. The van der Waals surface area contributed by atoms with Gasteiger partial charge in [0.25, 0.3) is 0 Å². The van der Waals surface area contributed by atoms with Gasteiger partial charge >= 0.3 is 0 Å². The van der Waals surface area contributed by atoms with E-state index in [1.165, 1.54) is 51.4 Å². The van der Waals surface area contributed by atoms with E-state index in [2.05, 4.69) is 55.4 Å². The fourth-order valence-corrected chi connectivity index (χ4v) is 5.39. The zero-order valence-corrected chi connectivity index (χ0v) is 18.3. The van der Waals surface area contributed by atoms with E-state index in [9.17, 15) is 0 Å². The van der Waals surface area contributed by atoms with Gasteiger partial charge in [0.15, 0.2) is 0 Å². The van der Waals surface area contributed by atoms with Crippen molar-refractivity contribution in [2.45, 2.75) is 107 Å². The third-order valence-corrected chi connectivity index (χ3v) is 7.18. The minimum Gasteiger partial charge on any atom is -0.0651 e. The van der Waals surface area contributed by atoms with E-state index in [-0.39, 0.29) is 0 Å². The topological polar surface area (TPSA) is 0 Å². The zero-order valence-electron chi connectivity index (χ0n) is 18.3. The molecule has 1 fully saturated rings. The first-order valence-corrected chi connectivity index (χ1v) is 11.3. The van der Waals surface area contributed by atoms with Crippen LogP contribution < -0.4 is 0 Å². The Labute approximate surface area is 154 Å². The molecule has 0 radical (unpaired) electrons. The van der Waals surface area contributed by atoms with Crippen LogP contribution in [0.15, 0.2) is 0 Å². The van der Waals surface area contributed by atoms with Gasteiger partial charge in [-0.2, -0.15) is 0 Å². The quantitative estimate of drug-likeness (QED) is 0.297. The van der Waals surface area contributed by atoms with Crippen LogP contribution in [0.2, 0.25) is 0 Å². The van der Waals surface area contributed by atoms with Crippen LogP contribution >= 0.6 is 0 Å². The van der Waals surface area contributed by atoms with E-state index in [1.807, 2.05) is 0 Å². The molecular formula is C24H48. The van der Waals surface area contributed by atoms with E-state index in [4.69, 9.17) is 0 Å². The molecular weight excluding hydrogens is 288 g/mol. The Hall–Kier alpha value is 0. The molecule has 0 aromatic heterocycles. The summed E-state index contributed by atoms with van der Waals surface area (Å²) in [5.74, 6) is 7.62. The fraction of sp³-hybridized carbons (Fsp3) is 1.00. The largest absolute Gasteiger partial charge is 0.0651 e. The lowest BCUT2D eigenvalue weighted by atomic mass is 9.73. The SMILES string of the molecule is CCC(CC(C)C1CC1C(C)C)C(CC)C(C)CCCCC(C)C. The Balaban J connectivity index is 2.44. The summed E-state index contributed by atoms with van der Waals surface area (Å²) in [6.07, 6.45) is 11.5. The van der Waals surface area contributed by atoms with E-state index >= 15 is 0 Å². The van der Waals surface area contributed by atoms with Crippen LogP contribution in [0.25, 0.3) is 0 Å². The highest BCUT2D eigenvalue weighted by Gasteiger charge is 2.43. The summed E-state index contributed by atoms with van der Waals surface area (Å²) in [7, 11) is 0. The Morgan fingerprint density at radius 1 is 0.792 bits per heavy atom. The maximum absolute atomic E-state index is 2.55. The maximum Gasteiger partial charge on any atom is -0.0355 e. The van der Waals surface area contributed by atoms with Crippen molar-refractivity contribution in [3.8, 4) is 0 Å². The Morgan fingerprint density at radius 2 is 1.42 bits per heavy atom. The van der Waals surface area contributed by atoms with Gasteiger partial charge in [0.05, 0.1) is 0 Å². The average molecular weight is 337 g/mol. The van der Waals surface area contributed by atoms with Gasteiger partial charge in [-0.05, 0) is 60.2 Å². The molecule has 144 valence electrons. The van der Waals surface area contributed by atoms with Crippen LogP contribution in [0, 0.1) is 47.3 Å². The Morgan fingerprint density at radius 3 is 1.88 bits per heavy atom. The van der Waals surface area contributed by atoms with Crippen molar-refractivity contribution in [1.29, 1.82) is 0 Å². The van der Waals surface area contributed by atoms with Crippen molar-refractivity contribution in [2.24, 2.45) is 47.3 Å². The van der Waals surface area contributed by atoms with Crippen LogP contribution in [0.5, 0.6) is 0 Å². The van der Waals surface area contributed by atoms with Gasteiger partial charge in [0, 0.05) is 0 Å². The van der Waals surface area contributed by atoms with E-state index in [0.717, 1.165) is 47.3 Å². The molecule has 6 unspecified atom stereocenters. The third-order valence-electron chi connectivity index (χ3n) is 7.18. The van der Waals surface area contributed by atoms with Crippen molar-refractivity contribution in [1.82, 2.24) is 0 Å². The molecule has 6 atom stereocenters. The predicted octanol–water partition coefficient (Wildman–Crippen LogP) is 8.21. The van der Waals surface area contributed by atoms with Gasteiger partial charge in [-0.15, -0.1) is 0 Å². The minimum atomic E-state index is 0.874. The number of hydrogen-bond acceptors (Lipinski definition) is 0. The first-order valence-electron chi connectivity index (χ1n) is 11.3. The first-order chi connectivity index (χ1) is 11.3. The average Bonchev–Trinajstić information content (AvgIpc) is 3.31. The summed E-state index contributed by atoms with van der Waals surface area (Å²) in [5, 5.41) is 0. The Kier molecular flexibility index (Phi) is 9.98. The molecule has 0 amide bonds. The predicted molar refractivity (Wildman–Crippen MR) is 110 cm³/mol. The number of rotatable bonds is 13. The maximum atomic E-state index is 2.55. The van der Waals surface area contributed by atoms with Crippen molar-refractivity contribution in [3.05, 3.63) is 0 Å². The molecule has 0 spiro atoms. The molecule has 1 rings (SSSR count). The molecule has 0 aliphatic heterocycles. The van der Waals surface area contributed by atoms with Crippen LogP contribution in [-0.4, -0.2) is 0 Å². The molecule has 0 nitrogen and oxygen atoms in total. The first kappa shape index (κ1) is 22.0. The van der Waals surface area contributed by atoms with Crippen molar-refractivity contribution >= 4 is 0 Å². The molecule has 0 heterocycles. The van der Waals surface area contributed by atoms with Crippen LogP contribution in [0.1, 0.15) is 107 Å².